The maximum atomic E-state index is 9.50. The van der Waals surface area contributed by atoms with Crippen LogP contribution in [0.1, 0.15) is 53.9 Å². The molecule has 0 aromatic heterocycles. The molecule has 0 radical (unpaired) electrons. The highest BCUT2D eigenvalue weighted by atomic mass is 16.3. The van der Waals surface area contributed by atoms with E-state index in [-0.39, 0.29) is 12.1 Å². The number of nitrogens with one attached hydrogen (secondary N) is 1. The SMILES string of the molecule is CCCNC(C)(CO)CCCN(CC)CC(C)C. The van der Waals surface area contributed by atoms with E-state index in [0.717, 1.165) is 44.8 Å². The van der Waals surface area contributed by atoms with Crippen molar-refractivity contribution in [1.82, 2.24) is 10.2 Å². The van der Waals surface area contributed by atoms with Gasteiger partial charge in [-0.15, -0.1) is 0 Å². The third kappa shape index (κ3) is 8.06. The van der Waals surface area contributed by atoms with Crippen molar-refractivity contribution in [2.24, 2.45) is 5.92 Å². The van der Waals surface area contributed by atoms with Crippen molar-refractivity contribution in [3.05, 3.63) is 0 Å². The molecule has 0 heterocycles. The standard InChI is InChI=1S/C15H34N2O/c1-6-10-16-15(5,13-18)9-8-11-17(7-2)12-14(3)4/h14,16,18H,6-13H2,1-5H3. The molecular formula is C15H34N2O. The number of hydrogen-bond donors (Lipinski definition) is 2. The first-order chi connectivity index (χ1) is 8.47. The highest BCUT2D eigenvalue weighted by molar-refractivity contribution is 4.82. The van der Waals surface area contributed by atoms with E-state index >= 15 is 0 Å². The second kappa shape index (κ2) is 9.76. The lowest BCUT2D eigenvalue weighted by Gasteiger charge is -2.30. The zero-order chi connectivity index (χ0) is 14.0. The summed E-state index contributed by atoms with van der Waals surface area (Å²) in [6.07, 6.45) is 3.30. The van der Waals surface area contributed by atoms with E-state index in [2.05, 4.69) is 44.8 Å². The molecule has 0 aliphatic heterocycles. The van der Waals surface area contributed by atoms with E-state index in [1.165, 1.54) is 6.54 Å². The maximum Gasteiger partial charge on any atom is 0.0610 e. The second-order valence-corrected chi connectivity index (χ2v) is 6.04. The number of hydrogen-bond acceptors (Lipinski definition) is 3. The Morgan fingerprint density at radius 3 is 2.39 bits per heavy atom. The van der Waals surface area contributed by atoms with E-state index in [1.54, 1.807) is 0 Å². The highest BCUT2D eigenvalue weighted by Crippen LogP contribution is 2.12. The molecule has 0 saturated heterocycles. The number of rotatable bonds is 11. The first-order valence-corrected chi connectivity index (χ1v) is 7.55. The van der Waals surface area contributed by atoms with Crippen LogP contribution in [-0.2, 0) is 0 Å². The normalized spacial score (nSPS) is 15.3. The molecule has 0 spiro atoms. The minimum atomic E-state index is -0.104. The minimum absolute atomic E-state index is 0.104. The molecule has 0 aromatic carbocycles. The van der Waals surface area contributed by atoms with Crippen LogP contribution in [0, 0.1) is 5.92 Å². The summed E-state index contributed by atoms with van der Waals surface area (Å²) < 4.78 is 0. The largest absolute Gasteiger partial charge is 0.394 e. The van der Waals surface area contributed by atoms with E-state index in [9.17, 15) is 5.11 Å². The molecule has 3 nitrogen and oxygen atoms in total. The predicted molar refractivity (Wildman–Crippen MR) is 80.0 cm³/mol. The number of aliphatic hydroxyl groups excluding tert-OH is 1. The van der Waals surface area contributed by atoms with Gasteiger partial charge in [-0.05, 0) is 51.7 Å². The zero-order valence-corrected chi connectivity index (χ0v) is 13.1. The molecular weight excluding hydrogens is 224 g/mol. The van der Waals surface area contributed by atoms with Gasteiger partial charge in [0.05, 0.1) is 6.61 Å². The van der Waals surface area contributed by atoms with Crippen LogP contribution >= 0.6 is 0 Å². The van der Waals surface area contributed by atoms with Gasteiger partial charge in [0.2, 0.25) is 0 Å². The topological polar surface area (TPSA) is 35.5 Å². The third-order valence-electron chi connectivity index (χ3n) is 3.42. The van der Waals surface area contributed by atoms with Gasteiger partial charge in [0.15, 0.2) is 0 Å². The highest BCUT2D eigenvalue weighted by Gasteiger charge is 2.21. The Balaban J connectivity index is 3.96. The molecule has 2 N–H and O–H groups in total. The van der Waals surface area contributed by atoms with Crippen molar-refractivity contribution in [3.63, 3.8) is 0 Å². The van der Waals surface area contributed by atoms with Crippen LogP contribution in [0.25, 0.3) is 0 Å². The van der Waals surface area contributed by atoms with Gasteiger partial charge in [0.1, 0.15) is 0 Å². The lowest BCUT2D eigenvalue weighted by Crippen LogP contribution is -2.46. The lowest BCUT2D eigenvalue weighted by molar-refractivity contribution is 0.155. The first kappa shape index (κ1) is 17.9. The van der Waals surface area contributed by atoms with E-state index in [1.807, 2.05) is 0 Å². The van der Waals surface area contributed by atoms with Crippen molar-refractivity contribution in [1.29, 1.82) is 0 Å². The Kier molecular flexibility index (Phi) is 9.70. The fourth-order valence-corrected chi connectivity index (χ4v) is 2.24. The molecule has 0 aromatic rings. The van der Waals surface area contributed by atoms with Crippen LogP contribution in [0.4, 0.5) is 0 Å². The van der Waals surface area contributed by atoms with Crippen LogP contribution in [0.5, 0.6) is 0 Å². The van der Waals surface area contributed by atoms with E-state index < -0.39 is 0 Å². The van der Waals surface area contributed by atoms with Crippen LogP contribution in [0.3, 0.4) is 0 Å². The molecule has 18 heavy (non-hydrogen) atoms. The van der Waals surface area contributed by atoms with Gasteiger partial charge in [-0.3, -0.25) is 0 Å². The monoisotopic (exact) mass is 258 g/mol. The summed E-state index contributed by atoms with van der Waals surface area (Å²) in [5.74, 6) is 0.729. The van der Waals surface area contributed by atoms with Gasteiger partial charge < -0.3 is 15.3 Å². The summed E-state index contributed by atoms with van der Waals surface area (Å²) in [6, 6.07) is 0. The zero-order valence-electron chi connectivity index (χ0n) is 13.1. The molecule has 0 aliphatic carbocycles. The van der Waals surface area contributed by atoms with Crippen molar-refractivity contribution in [3.8, 4) is 0 Å². The summed E-state index contributed by atoms with van der Waals surface area (Å²) >= 11 is 0. The Labute approximate surface area is 114 Å². The molecule has 3 heteroatoms. The molecule has 0 aliphatic rings. The van der Waals surface area contributed by atoms with Gasteiger partial charge in [-0.1, -0.05) is 27.7 Å². The molecule has 0 amide bonds. The fourth-order valence-electron chi connectivity index (χ4n) is 2.24. The van der Waals surface area contributed by atoms with Crippen LogP contribution in [0.2, 0.25) is 0 Å². The molecule has 110 valence electrons. The van der Waals surface area contributed by atoms with Gasteiger partial charge in [-0.25, -0.2) is 0 Å². The smallest absolute Gasteiger partial charge is 0.0610 e. The average molecular weight is 258 g/mol. The maximum absolute atomic E-state index is 9.50. The van der Waals surface area contributed by atoms with Gasteiger partial charge >= 0.3 is 0 Å². The van der Waals surface area contributed by atoms with Gasteiger partial charge in [0, 0.05) is 12.1 Å². The van der Waals surface area contributed by atoms with Crippen molar-refractivity contribution < 1.29 is 5.11 Å². The van der Waals surface area contributed by atoms with Crippen LogP contribution < -0.4 is 5.32 Å². The Hall–Kier alpha value is -0.120. The molecule has 1 unspecified atom stereocenters. The Bertz CT molecular complexity index is 197. The summed E-state index contributed by atoms with van der Waals surface area (Å²) in [5, 5.41) is 13.0. The molecule has 1 atom stereocenters. The minimum Gasteiger partial charge on any atom is -0.394 e. The molecule has 0 rings (SSSR count). The summed E-state index contributed by atoms with van der Waals surface area (Å²) in [7, 11) is 0. The quantitative estimate of drug-likeness (QED) is 0.598. The molecule has 0 fully saturated rings. The van der Waals surface area contributed by atoms with Gasteiger partial charge in [0.25, 0.3) is 0 Å². The Morgan fingerprint density at radius 2 is 1.94 bits per heavy atom. The van der Waals surface area contributed by atoms with Crippen LogP contribution in [-0.4, -0.2) is 48.3 Å². The van der Waals surface area contributed by atoms with Crippen LogP contribution in [0.15, 0.2) is 0 Å². The predicted octanol–water partition coefficient (Wildman–Crippen LogP) is 2.50. The van der Waals surface area contributed by atoms with Crippen molar-refractivity contribution in [2.45, 2.75) is 59.4 Å². The lowest BCUT2D eigenvalue weighted by atomic mass is 9.96. The Morgan fingerprint density at radius 1 is 1.28 bits per heavy atom. The summed E-state index contributed by atoms with van der Waals surface area (Å²) in [5.41, 5.74) is -0.104. The second-order valence-electron chi connectivity index (χ2n) is 6.04. The van der Waals surface area contributed by atoms with E-state index in [0.29, 0.717) is 0 Å². The molecule has 0 bridgehead atoms. The number of aliphatic hydroxyl groups is 1. The fraction of sp³-hybridized carbons (Fsp3) is 1.00. The average Bonchev–Trinajstić information content (AvgIpc) is 2.34. The first-order valence-electron chi connectivity index (χ1n) is 7.55. The molecule has 0 saturated carbocycles. The van der Waals surface area contributed by atoms with E-state index in [4.69, 9.17) is 0 Å². The summed E-state index contributed by atoms with van der Waals surface area (Å²) in [6.45, 7) is 15.7. The summed E-state index contributed by atoms with van der Waals surface area (Å²) in [4.78, 5) is 2.50. The third-order valence-corrected chi connectivity index (χ3v) is 3.42. The number of nitrogens with zero attached hydrogens (tertiary/aromatic N) is 1. The van der Waals surface area contributed by atoms with Crippen molar-refractivity contribution in [2.75, 3.05) is 32.8 Å². The van der Waals surface area contributed by atoms with Crippen molar-refractivity contribution >= 4 is 0 Å². The van der Waals surface area contributed by atoms with Gasteiger partial charge in [-0.2, -0.15) is 0 Å².